The number of benzene rings is 1. The standard InChI is InChI=1S/C14H12ClIN2O3/c15-8-3-4-10(9(16)7-8)18-12(20)14(5-1-2-6-14)11(19)17-13(18)21/h3-4,7H,1-2,5-6H2,(H,17,19,21). The Bertz CT molecular complexity index is 656. The summed E-state index contributed by atoms with van der Waals surface area (Å²) < 4.78 is 0.686. The van der Waals surface area contributed by atoms with Crippen LogP contribution in [-0.4, -0.2) is 17.8 Å². The molecule has 1 aromatic rings. The zero-order chi connectivity index (χ0) is 15.2. The Hall–Kier alpha value is -1.15. The lowest BCUT2D eigenvalue weighted by Gasteiger charge is -2.37. The Morgan fingerprint density at radius 1 is 1.19 bits per heavy atom. The number of anilines is 1. The van der Waals surface area contributed by atoms with E-state index in [0.717, 1.165) is 17.7 Å². The third-order valence-electron chi connectivity index (χ3n) is 4.08. The van der Waals surface area contributed by atoms with Crippen molar-refractivity contribution in [2.24, 2.45) is 5.41 Å². The van der Waals surface area contributed by atoms with Gasteiger partial charge < -0.3 is 0 Å². The smallest absolute Gasteiger partial charge is 0.276 e. The molecule has 2 aliphatic rings. The summed E-state index contributed by atoms with van der Waals surface area (Å²) in [6.07, 6.45) is 2.62. The molecule has 1 aliphatic heterocycles. The summed E-state index contributed by atoms with van der Waals surface area (Å²) in [7, 11) is 0. The average molecular weight is 419 g/mol. The van der Waals surface area contributed by atoms with E-state index in [9.17, 15) is 14.4 Å². The molecule has 1 saturated heterocycles. The molecule has 1 N–H and O–H groups in total. The van der Waals surface area contributed by atoms with Crippen molar-refractivity contribution in [1.82, 2.24) is 5.32 Å². The minimum atomic E-state index is -1.09. The van der Waals surface area contributed by atoms with Crippen LogP contribution in [-0.2, 0) is 9.59 Å². The van der Waals surface area contributed by atoms with E-state index in [0.29, 0.717) is 27.1 Å². The first-order valence-electron chi connectivity index (χ1n) is 6.61. The molecule has 0 bridgehead atoms. The SMILES string of the molecule is O=C1NC(=O)C2(CCCC2)C(=O)N1c1ccc(Cl)cc1I. The number of imide groups is 2. The number of urea groups is 1. The highest BCUT2D eigenvalue weighted by Crippen LogP contribution is 2.43. The molecule has 21 heavy (non-hydrogen) atoms. The predicted molar refractivity (Wildman–Crippen MR) is 86.1 cm³/mol. The normalized spacial score (nSPS) is 21.0. The number of halogens is 2. The molecule has 1 aliphatic carbocycles. The van der Waals surface area contributed by atoms with E-state index in [4.69, 9.17) is 11.6 Å². The van der Waals surface area contributed by atoms with Crippen LogP contribution in [0.5, 0.6) is 0 Å². The second-order valence-electron chi connectivity index (χ2n) is 5.28. The number of amides is 4. The molecule has 0 unspecified atom stereocenters. The Balaban J connectivity index is 2.07. The number of barbiturate groups is 1. The molecule has 1 saturated carbocycles. The summed E-state index contributed by atoms with van der Waals surface area (Å²) in [6, 6.07) is 4.23. The van der Waals surface area contributed by atoms with Crippen molar-refractivity contribution in [3.63, 3.8) is 0 Å². The zero-order valence-corrected chi connectivity index (χ0v) is 13.9. The second kappa shape index (κ2) is 5.24. The van der Waals surface area contributed by atoms with Crippen LogP contribution in [0.1, 0.15) is 25.7 Å². The maximum atomic E-state index is 12.8. The number of nitrogens with zero attached hydrogens (tertiary/aromatic N) is 1. The van der Waals surface area contributed by atoms with Gasteiger partial charge in [0.1, 0.15) is 5.41 Å². The van der Waals surface area contributed by atoms with Crippen LogP contribution in [0.2, 0.25) is 5.02 Å². The molecule has 4 amide bonds. The van der Waals surface area contributed by atoms with Gasteiger partial charge in [0, 0.05) is 8.59 Å². The zero-order valence-electron chi connectivity index (χ0n) is 11.0. The van der Waals surface area contributed by atoms with Gasteiger partial charge >= 0.3 is 6.03 Å². The van der Waals surface area contributed by atoms with E-state index >= 15 is 0 Å². The molecular weight excluding hydrogens is 407 g/mol. The third-order valence-corrected chi connectivity index (χ3v) is 5.18. The van der Waals surface area contributed by atoms with E-state index in [1.807, 2.05) is 22.6 Å². The second-order valence-corrected chi connectivity index (χ2v) is 6.88. The quantitative estimate of drug-likeness (QED) is 0.563. The van der Waals surface area contributed by atoms with Gasteiger partial charge in [0.2, 0.25) is 5.91 Å². The summed E-state index contributed by atoms with van der Waals surface area (Å²) in [5.41, 5.74) is -0.627. The van der Waals surface area contributed by atoms with Crippen molar-refractivity contribution in [3.05, 3.63) is 26.8 Å². The van der Waals surface area contributed by atoms with Crippen molar-refractivity contribution in [1.29, 1.82) is 0 Å². The molecule has 1 aromatic carbocycles. The molecule has 1 heterocycles. The van der Waals surface area contributed by atoms with Crippen LogP contribution in [0.15, 0.2) is 18.2 Å². The number of carbonyl (C=O) groups is 3. The van der Waals surface area contributed by atoms with E-state index in [1.54, 1.807) is 18.2 Å². The number of hydrogen-bond acceptors (Lipinski definition) is 3. The van der Waals surface area contributed by atoms with Crippen LogP contribution in [0.4, 0.5) is 10.5 Å². The minimum absolute atomic E-state index is 0.422. The van der Waals surface area contributed by atoms with Gasteiger partial charge in [0.05, 0.1) is 5.69 Å². The maximum absolute atomic E-state index is 12.8. The third kappa shape index (κ3) is 2.24. The van der Waals surface area contributed by atoms with Crippen molar-refractivity contribution in [2.75, 3.05) is 4.90 Å². The lowest BCUT2D eigenvalue weighted by Crippen LogP contribution is -2.63. The van der Waals surface area contributed by atoms with Gasteiger partial charge in [0.15, 0.2) is 0 Å². The first-order valence-corrected chi connectivity index (χ1v) is 8.06. The first-order chi connectivity index (χ1) is 9.95. The van der Waals surface area contributed by atoms with Gasteiger partial charge in [-0.25, -0.2) is 9.69 Å². The molecule has 3 rings (SSSR count). The molecule has 110 valence electrons. The molecule has 0 atom stereocenters. The van der Waals surface area contributed by atoms with E-state index < -0.39 is 23.3 Å². The Labute approximate surface area is 140 Å². The minimum Gasteiger partial charge on any atom is -0.276 e. The van der Waals surface area contributed by atoms with Gasteiger partial charge in [-0.1, -0.05) is 24.4 Å². The van der Waals surface area contributed by atoms with Crippen LogP contribution in [0, 0.1) is 8.99 Å². The molecule has 2 fully saturated rings. The fourth-order valence-electron chi connectivity index (χ4n) is 2.98. The van der Waals surface area contributed by atoms with Gasteiger partial charge in [0.25, 0.3) is 5.91 Å². The molecular formula is C14H12ClIN2O3. The van der Waals surface area contributed by atoms with E-state index in [2.05, 4.69) is 5.32 Å². The summed E-state index contributed by atoms with van der Waals surface area (Å²) in [5, 5.41) is 2.85. The Morgan fingerprint density at radius 2 is 1.86 bits per heavy atom. The van der Waals surface area contributed by atoms with Crippen LogP contribution in [0.3, 0.4) is 0 Å². The van der Waals surface area contributed by atoms with Crippen LogP contribution >= 0.6 is 34.2 Å². The van der Waals surface area contributed by atoms with Gasteiger partial charge in [-0.2, -0.15) is 0 Å². The van der Waals surface area contributed by atoms with Gasteiger partial charge in [-0.05, 0) is 53.6 Å². The fourth-order valence-corrected chi connectivity index (χ4v) is 4.09. The molecule has 0 radical (unpaired) electrons. The summed E-state index contributed by atoms with van der Waals surface area (Å²) in [5.74, 6) is -0.885. The van der Waals surface area contributed by atoms with E-state index in [1.165, 1.54) is 0 Å². The van der Waals surface area contributed by atoms with Crippen molar-refractivity contribution in [2.45, 2.75) is 25.7 Å². The van der Waals surface area contributed by atoms with Crippen molar-refractivity contribution >= 4 is 57.7 Å². The first kappa shape index (κ1) is 14.8. The fraction of sp³-hybridized carbons (Fsp3) is 0.357. The average Bonchev–Trinajstić information content (AvgIpc) is 2.90. The van der Waals surface area contributed by atoms with Gasteiger partial charge in [-0.15, -0.1) is 0 Å². The van der Waals surface area contributed by atoms with Crippen molar-refractivity contribution in [3.8, 4) is 0 Å². The lowest BCUT2D eigenvalue weighted by molar-refractivity contribution is -0.142. The summed E-state index contributed by atoms with van der Waals surface area (Å²) in [6.45, 7) is 0. The van der Waals surface area contributed by atoms with Crippen LogP contribution in [0.25, 0.3) is 0 Å². The maximum Gasteiger partial charge on any atom is 0.335 e. The highest BCUT2D eigenvalue weighted by atomic mass is 127. The molecule has 0 aromatic heterocycles. The Morgan fingerprint density at radius 3 is 2.48 bits per heavy atom. The monoisotopic (exact) mass is 418 g/mol. The molecule has 1 spiro atoms. The van der Waals surface area contributed by atoms with E-state index in [-0.39, 0.29) is 0 Å². The largest absolute Gasteiger partial charge is 0.335 e. The number of rotatable bonds is 1. The van der Waals surface area contributed by atoms with Gasteiger partial charge in [-0.3, -0.25) is 14.9 Å². The lowest BCUT2D eigenvalue weighted by atomic mass is 9.82. The predicted octanol–water partition coefficient (Wildman–Crippen LogP) is 3.09. The summed E-state index contributed by atoms with van der Waals surface area (Å²) >= 11 is 7.93. The number of carbonyl (C=O) groups excluding carboxylic acids is 3. The van der Waals surface area contributed by atoms with Crippen molar-refractivity contribution < 1.29 is 14.4 Å². The Kier molecular flexibility index (Phi) is 3.69. The van der Waals surface area contributed by atoms with Crippen LogP contribution < -0.4 is 10.2 Å². The summed E-state index contributed by atoms with van der Waals surface area (Å²) in [4.78, 5) is 38.2. The number of nitrogens with one attached hydrogen (secondary N) is 1. The highest BCUT2D eigenvalue weighted by molar-refractivity contribution is 14.1. The molecule has 5 nitrogen and oxygen atoms in total. The number of hydrogen-bond donors (Lipinski definition) is 1. The topological polar surface area (TPSA) is 66.5 Å². The molecule has 7 heteroatoms. The highest BCUT2D eigenvalue weighted by Gasteiger charge is 2.55.